The second-order valence-corrected chi connectivity index (χ2v) is 6.54. The number of benzene rings is 1. The zero-order chi connectivity index (χ0) is 17.0. The summed E-state index contributed by atoms with van der Waals surface area (Å²) in [6, 6.07) is 10.1. The van der Waals surface area contributed by atoms with Crippen LogP contribution in [0.2, 0.25) is 0 Å². The summed E-state index contributed by atoms with van der Waals surface area (Å²) in [7, 11) is 1.77. The van der Waals surface area contributed by atoms with Gasteiger partial charge in [0.1, 0.15) is 23.8 Å². The number of aromatic nitrogens is 2. The molecule has 24 heavy (non-hydrogen) atoms. The molecule has 1 fully saturated rings. The van der Waals surface area contributed by atoms with E-state index in [4.69, 9.17) is 9.47 Å². The smallest absolute Gasteiger partial charge is 0.125 e. The first-order chi connectivity index (χ1) is 11.6. The lowest BCUT2D eigenvalue weighted by Gasteiger charge is -2.28. The van der Waals surface area contributed by atoms with Crippen LogP contribution < -0.4 is 4.74 Å². The third-order valence-electron chi connectivity index (χ3n) is 4.57. The lowest BCUT2D eigenvalue weighted by atomic mass is 10.0. The highest BCUT2D eigenvalue weighted by Gasteiger charge is 2.39. The molecular formula is C19H25N3O2. The quantitative estimate of drug-likeness (QED) is 0.816. The monoisotopic (exact) mass is 327 g/mol. The molecule has 1 aliphatic rings. The normalized spacial score (nSPS) is 21.1. The van der Waals surface area contributed by atoms with Gasteiger partial charge in [-0.05, 0) is 38.5 Å². The molecule has 1 aliphatic heterocycles. The van der Waals surface area contributed by atoms with Gasteiger partial charge in [-0.3, -0.25) is 4.90 Å². The highest BCUT2D eigenvalue weighted by Crippen LogP contribution is 2.27. The zero-order valence-electron chi connectivity index (χ0n) is 14.7. The highest BCUT2D eigenvalue weighted by molar-refractivity contribution is 5.26. The Kier molecular flexibility index (Phi) is 5.11. The number of hydrogen-bond donors (Lipinski definition) is 0. The van der Waals surface area contributed by atoms with E-state index in [0.717, 1.165) is 43.3 Å². The number of likely N-dealkylation sites (tertiary alicyclic amines) is 1. The Morgan fingerprint density at radius 1 is 1.17 bits per heavy atom. The topological polar surface area (TPSA) is 47.5 Å². The van der Waals surface area contributed by atoms with E-state index >= 15 is 0 Å². The van der Waals surface area contributed by atoms with E-state index in [1.165, 1.54) is 5.56 Å². The van der Waals surface area contributed by atoms with Crippen LogP contribution in [-0.4, -0.2) is 47.3 Å². The van der Waals surface area contributed by atoms with Crippen LogP contribution in [0.3, 0.4) is 0 Å². The first kappa shape index (κ1) is 16.9. The second kappa shape index (κ2) is 7.28. The predicted molar refractivity (Wildman–Crippen MR) is 93.1 cm³/mol. The standard InChI is InChI=1S/C19H25N3O2/c1-15-4-6-18(7-5-15)24-14-19(23-3)9-11-22(13-19)12-17-8-10-20-16(2)21-17/h4-8,10H,9,11-14H2,1-3H3/t19-/m0/s1. The summed E-state index contributed by atoms with van der Waals surface area (Å²) >= 11 is 0. The number of rotatable bonds is 6. The van der Waals surface area contributed by atoms with Gasteiger partial charge >= 0.3 is 0 Å². The van der Waals surface area contributed by atoms with Crippen molar-refractivity contribution < 1.29 is 9.47 Å². The van der Waals surface area contributed by atoms with Crippen molar-refractivity contribution in [3.8, 4) is 5.75 Å². The molecule has 0 unspecified atom stereocenters. The molecule has 1 aromatic carbocycles. The van der Waals surface area contributed by atoms with Crippen LogP contribution in [0.1, 0.15) is 23.5 Å². The van der Waals surface area contributed by atoms with Gasteiger partial charge in [0.25, 0.3) is 0 Å². The number of hydrogen-bond acceptors (Lipinski definition) is 5. The summed E-state index contributed by atoms with van der Waals surface area (Å²) in [4.78, 5) is 11.0. The molecule has 0 spiro atoms. The fourth-order valence-corrected chi connectivity index (χ4v) is 3.08. The maximum Gasteiger partial charge on any atom is 0.125 e. The van der Waals surface area contributed by atoms with Gasteiger partial charge in [0.05, 0.1) is 5.69 Å². The van der Waals surface area contributed by atoms with Crippen LogP contribution in [0, 0.1) is 13.8 Å². The van der Waals surface area contributed by atoms with Gasteiger partial charge in [-0.25, -0.2) is 9.97 Å². The lowest BCUT2D eigenvalue weighted by molar-refractivity contribution is -0.0360. The number of nitrogens with zero attached hydrogens (tertiary/aromatic N) is 3. The summed E-state index contributed by atoms with van der Waals surface area (Å²) in [6.07, 6.45) is 2.78. The van der Waals surface area contributed by atoms with Crippen molar-refractivity contribution in [1.29, 1.82) is 0 Å². The van der Waals surface area contributed by atoms with E-state index in [9.17, 15) is 0 Å². The Hall–Kier alpha value is -1.98. The molecule has 0 radical (unpaired) electrons. The van der Waals surface area contributed by atoms with Gasteiger partial charge < -0.3 is 9.47 Å². The fraction of sp³-hybridized carbons (Fsp3) is 0.474. The Bertz CT molecular complexity index is 675. The first-order valence-electron chi connectivity index (χ1n) is 8.34. The molecule has 0 aliphatic carbocycles. The molecule has 2 aromatic rings. The van der Waals surface area contributed by atoms with Gasteiger partial charge in [-0.15, -0.1) is 0 Å². The van der Waals surface area contributed by atoms with Crippen molar-refractivity contribution >= 4 is 0 Å². The van der Waals surface area contributed by atoms with E-state index in [1.807, 2.05) is 31.3 Å². The number of methoxy groups -OCH3 is 1. The maximum absolute atomic E-state index is 5.98. The van der Waals surface area contributed by atoms with E-state index < -0.39 is 0 Å². The Labute approximate surface area is 143 Å². The second-order valence-electron chi connectivity index (χ2n) is 6.54. The van der Waals surface area contributed by atoms with Crippen LogP contribution >= 0.6 is 0 Å². The third-order valence-corrected chi connectivity index (χ3v) is 4.57. The van der Waals surface area contributed by atoms with Crippen molar-refractivity contribution in [3.63, 3.8) is 0 Å². The van der Waals surface area contributed by atoms with E-state index in [2.05, 4.69) is 33.9 Å². The molecule has 1 atom stereocenters. The molecular weight excluding hydrogens is 302 g/mol. The van der Waals surface area contributed by atoms with Crippen LogP contribution in [-0.2, 0) is 11.3 Å². The summed E-state index contributed by atoms with van der Waals surface area (Å²) in [6.45, 7) is 7.20. The number of ether oxygens (including phenoxy) is 2. The molecule has 1 saturated heterocycles. The molecule has 1 aromatic heterocycles. The molecule has 3 rings (SSSR count). The minimum Gasteiger partial charge on any atom is -0.491 e. The minimum absolute atomic E-state index is 0.257. The molecule has 0 amide bonds. The predicted octanol–water partition coefficient (Wildman–Crippen LogP) is 2.76. The van der Waals surface area contributed by atoms with Gasteiger partial charge in [0, 0.05) is 32.9 Å². The van der Waals surface area contributed by atoms with Crippen molar-refractivity contribution in [1.82, 2.24) is 14.9 Å². The summed E-state index contributed by atoms with van der Waals surface area (Å²) < 4.78 is 11.8. The van der Waals surface area contributed by atoms with Crippen molar-refractivity contribution in [2.75, 3.05) is 26.8 Å². The molecule has 2 heterocycles. The van der Waals surface area contributed by atoms with E-state index in [-0.39, 0.29) is 5.60 Å². The van der Waals surface area contributed by atoms with E-state index in [0.29, 0.717) is 6.61 Å². The first-order valence-corrected chi connectivity index (χ1v) is 8.34. The summed E-state index contributed by atoms with van der Waals surface area (Å²) in [5.74, 6) is 1.70. The molecule has 5 nitrogen and oxygen atoms in total. The summed E-state index contributed by atoms with van der Waals surface area (Å²) in [5.41, 5.74) is 2.03. The molecule has 0 bridgehead atoms. The maximum atomic E-state index is 5.98. The largest absolute Gasteiger partial charge is 0.491 e. The van der Waals surface area contributed by atoms with Gasteiger partial charge in [-0.2, -0.15) is 0 Å². The van der Waals surface area contributed by atoms with Crippen LogP contribution in [0.4, 0.5) is 0 Å². The van der Waals surface area contributed by atoms with Crippen molar-refractivity contribution in [3.05, 3.63) is 53.6 Å². The molecule has 0 saturated carbocycles. The summed E-state index contributed by atoms with van der Waals surface area (Å²) in [5, 5.41) is 0. The Morgan fingerprint density at radius 2 is 1.96 bits per heavy atom. The Morgan fingerprint density at radius 3 is 2.67 bits per heavy atom. The van der Waals surface area contributed by atoms with Crippen LogP contribution in [0.25, 0.3) is 0 Å². The molecule has 5 heteroatoms. The van der Waals surface area contributed by atoms with Crippen molar-refractivity contribution in [2.24, 2.45) is 0 Å². The van der Waals surface area contributed by atoms with Crippen LogP contribution in [0.15, 0.2) is 36.5 Å². The lowest BCUT2D eigenvalue weighted by Crippen LogP contribution is -2.41. The molecule has 0 N–H and O–H groups in total. The molecule has 128 valence electrons. The average molecular weight is 327 g/mol. The van der Waals surface area contributed by atoms with Gasteiger partial charge in [0.2, 0.25) is 0 Å². The Balaban J connectivity index is 1.59. The third kappa shape index (κ3) is 4.10. The van der Waals surface area contributed by atoms with Crippen LogP contribution in [0.5, 0.6) is 5.75 Å². The van der Waals surface area contributed by atoms with Gasteiger partial charge in [0.15, 0.2) is 0 Å². The SMILES string of the molecule is CO[C@@]1(COc2ccc(C)cc2)CCN(Cc2ccnc(C)n2)C1. The highest BCUT2D eigenvalue weighted by atomic mass is 16.5. The minimum atomic E-state index is -0.257. The van der Waals surface area contributed by atoms with Gasteiger partial charge in [-0.1, -0.05) is 17.7 Å². The number of aryl methyl sites for hydroxylation is 2. The van der Waals surface area contributed by atoms with E-state index in [1.54, 1.807) is 7.11 Å². The zero-order valence-corrected chi connectivity index (χ0v) is 14.7. The van der Waals surface area contributed by atoms with Crippen molar-refractivity contribution in [2.45, 2.75) is 32.4 Å². The fourth-order valence-electron chi connectivity index (χ4n) is 3.08. The average Bonchev–Trinajstić information content (AvgIpc) is 2.98.